The molecule has 0 aliphatic heterocycles. The van der Waals surface area contributed by atoms with Gasteiger partial charge in [0.25, 0.3) is 0 Å². The first-order valence-corrected chi connectivity index (χ1v) is 15.0. The lowest BCUT2D eigenvalue weighted by Crippen LogP contribution is -2.03. The second-order valence-corrected chi connectivity index (χ2v) is 11.6. The number of nitrogens with zero attached hydrogens (tertiary/aromatic N) is 2. The number of hydrogen-bond acceptors (Lipinski definition) is 1. The third-order valence-corrected chi connectivity index (χ3v) is 9.35. The zero-order chi connectivity index (χ0) is 28.1. The molecule has 3 nitrogen and oxygen atoms in total. The summed E-state index contributed by atoms with van der Waals surface area (Å²) >= 11 is 0. The van der Waals surface area contributed by atoms with Gasteiger partial charge in [-0.05, 0) is 60.0 Å². The summed E-state index contributed by atoms with van der Waals surface area (Å²) in [4.78, 5) is 0. The van der Waals surface area contributed by atoms with Crippen LogP contribution in [-0.2, 0) is 6.42 Å². The fourth-order valence-corrected chi connectivity index (χ4v) is 7.52. The topological polar surface area (TPSA) is 23.0 Å². The molecule has 0 unspecified atom stereocenters. The highest BCUT2D eigenvalue weighted by atomic mass is 16.3. The number of fused-ring (bicyclic) bond motifs is 11. The van der Waals surface area contributed by atoms with Crippen LogP contribution in [0.2, 0.25) is 0 Å². The van der Waals surface area contributed by atoms with Crippen LogP contribution in [0.5, 0.6) is 0 Å². The smallest absolute Gasteiger partial charge is 0.159 e. The van der Waals surface area contributed by atoms with Gasteiger partial charge in [-0.25, -0.2) is 0 Å². The molecule has 1 aliphatic rings. The van der Waals surface area contributed by atoms with E-state index >= 15 is 0 Å². The van der Waals surface area contributed by atoms with Crippen molar-refractivity contribution in [1.82, 2.24) is 9.13 Å². The zero-order valence-electron chi connectivity index (χ0n) is 23.4. The average Bonchev–Trinajstić information content (AvgIpc) is 3.72. The number of rotatable bonds is 2. The van der Waals surface area contributed by atoms with E-state index in [4.69, 9.17) is 4.42 Å². The van der Waals surface area contributed by atoms with Crippen LogP contribution in [-0.4, -0.2) is 9.13 Å². The molecule has 43 heavy (non-hydrogen) atoms. The lowest BCUT2D eigenvalue weighted by atomic mass is 10.0. The Morgan fingerprint density at radius 1 is 0.581 bits per heavy atom. The molecule has 0 radical (unpaired) electrons. The second-order valence-electron chi connectivity index (χ2n) is 11.6. The van der Waals surface area contributed by atoms with Gasteiger partial charge < -0.3 is 13.6 Å². The molecule has 0 spiro atoms. The number of allylic oxidation sites excluding steroid dienone is 1. The molecular weight excluding hydrogens is 524 g/mol. The standard InChI is InChI=1S/C40H26N2O/c1-2-11-26-24-27(21-20-25(26)10-1)41-33-16-6-3-12-28(33)30-22-23-35-38(39(30)41)32-14-4-7-17-34(32)42(35)36-18-9-15-31-29-13-5-8-19-37(29)43-40(31)36/h1-5,7-15,17-24H,6,16H2. The van der Waals surface area contributed by atoms with Gasteiger partial charge in [0.05, 0.1) is 22.2 Å². The third kappa shape index (κ3) is 3.09. The van der Waals surface area contributed by atoms with E-state index in [0.29, 0.717) is 0 Å². The molecule has 3 heteroatoms. The minimum Gasteiger partial charge on any atom is -0.454 e. The highest BCUT2D eigenvalue weighted by Gasteiger charge is 2.25. The summed E-state index contributed by atoms with van der Waals surface area (Å²) in [6.45, 7) is 0. The molecule has 0 amide bonds. The highest BCUT2D eigenvalue weighted by Crippen LogP contribution is 2.44. The van der Waals surface area contributed by atoms with Crippen LogP contribution in [0.1, 0.15) is 17.7 Å². The van der Waals surface area contributed by atoms with E-state index in [1.54, 1.807) is 0 Å². The van der Waals surface area contributed by atoms with Gasteiger partial charge in [0, 0.05) is 43.9 Å². The first-order valence-electron chi connectivity index (χ1n) is 15.0. The van der Waals surface area contributed by atoms with E-state index in [2.05, 4.69) is 137 Å². The van der Waals surface area contributed by atoms with E-state index in [-0.39, 0.29) is 0 Å². The van der Waals surface area contributed by atoms with Crippen molar-refractivity contribution in [3.8, 4) is 11.4 Å². The Morgan fingerprint density at radius 3 is 2.35 bits per heavy atom. The zero-order valence-corrected chi connectivity index (χ0v) is 23.4. The maximum Gasteiger partial charge on any atom is 0.159 e. The monoisotopic (exact) mass is 550 g/mol. The normalized spacial score (nSPS) is 13.3. The SMILES string of the molecule is C1=Cc2c(n(-c3ccc4ccccc4c3)c3c2ccc2c3c3ccccc3n2-c2cccc3c2oc2ccccc23)CC1. The van der Waals surface area contributed by atoms with E-state index in [1.165, 1.54) is 60.4 Å². The second kappa shape index (κ2) is 8.50. The van der Waals surface area contributed by atoms with Crippen LogP contribution in [0.3, 0.4) is 0 Å². The third-order valence-electron chi connectivity index (χ3n) is 9.35. The fourth-order valence-electron chi connectivity index (χ4n) is 7.52. The number of para-hydroxylation sites is 3. The molecule has 0 atom stereocenters. The van der Waals surface area contributed by atoms with E-state index in [1.807, 2.05) is 6.07 Å². The van der Waals surface area contributed by atoms with Gasteiger partial charge in [-0.1, -0.05) is 97.1 Å². The predicted molar refractivity (Wildman–Crippen MR) is 180 cm³/mol. The number of aromatic nitrogens is 2. The molecule has 1 aliphatic carbocycles. The Balaban J connectivity index is 1.38. The molecule has 0 bridgehead atoms. The largest absolute Gasteiger partial charge is 0.454 e. The summed E-state index contributed by atoms with van der Waals surface area (Å²) < 4.78 is 11.5. The number of hydrogen-bond donors (Lipinski definition) is 0. The summed E-state index contributed by atoms with van der Waals surface area (Å²) in [6.07, 6.45) is 6.72. The molecule has 0 N–H and O–H groups in total. The van der Waals surface area contributed by atoms with Gasteiger partial charge in [0.1, 0.15) is 5.58 Å². The molecule has 10 rings (SSSR count). The quantitative estimate of drug-likeness (QED) is 0.210. The van der Waals surface area contributed by atoms with Crippen molar-refractivity contribution in [3.05, 3.63) is 139 Å². The Hall–Kier alpha value is -5.54. The maximum absolute atomic E-state index is 6.56. The summed E-state index contributed by atoms with van der Waals surface area (Å²) in [6, 6.07) is 43.8. The Bertz CT molecular complexity index is 2620. The Labute approximate surface area is 247 Å². The van der Waals surface area contributed by atoms with Crippen molar-refractivity contribution in [2.24, 2.45) is 0 Å². The molecule has 3 heterocycles. The van der Waals surface area contributed by atoms with Crippen LogP contribution < -0.4 is 0 Å². The summed E-state index contributed by atoms with van der Waals surface area (Å²) in [5.41, 5.74) is 10.5. The average molecular weight is 551 g/mol. The summed E-state index contributed by atoms with van der Waals surface area (Å²) in [7, 11) is 0. The highest BCUT2D eigenvalue weighted by molar-refractivity contribution is 6.23. The first-order chi connectivity index (χ1) is 21.3. The molecule has 0 saturated heterocycles. The van der Waals surface area contributed by atoms with Crippen molar-refractivity contribution in [2.45, 2.75) is 12.8 Å². The first kappa shape index (κ1) is 23.1. The lowest BCUT2D eigenvalue weighted by molar-refractivity contribution is 0.666. The molecule has 202 valence electrons. The van der Waals surface area contributed by atoms with Gasteiger partial charge in [0.15, 0.2) is 5.58 Å². The Kier molecular flexibility index (Phi) is 4.56. The van der Waals surface area contributed by atoms with Gasteiger partial charge in [0.2, 0.25) is 0 Å². The van der Waals surface area contributed by atoms with Crippen LogP contribution in [0.15, 0.2) is 132 Å². The van der Waals surface area contributed by atoms with Crippen LogP contribution >= 0.6 is 0 Å². The number of furan rings is 1. The molecule has 0 fully saturated rings. The molecule has 9 aromatic rings. The fraction of sp³-hybridized carbons (Fsp3) is 0.0500. The molecular formula is C40H26N2O. The van der Waals surface area contributed by atoms with E-state index < -0.39 is 0 Å². The minimum atomic E-state index is 0.915. The van der Waals surface area contributed by atoms with Gasteiger partial charge in [-0.2, -0.15) is 0 Å². The summed E-state index contributed by atoms with van der Waals surface area (Å²) in [5, 5.41) is 8.63. The molecule has 6 aromatic carbocycles. The maximum atomic E-state index is 6.56. The minimum absolute atomic E-state index is 0.915. The van der Waals surface area contributed by atoms with E-state index in [9.17, 15) is 0 Å². The Morgan fingerprint density at radius 2 is 1.40 bits per heavy atom. The van der Waals surface area contributed by atoms with Crippen LogP contribution in [0.4, 0.5) is 0 Å². The van der Waals surface area contributed by atoms with Gasteiger partial charge >= 0.3 is 0 Å². The van der Waals surface area contributed by atoms with Gasteiger partial charge in [-0.15, -0.1) is 0 Å². The van der Waals surface area contributed by atoms with Crippen molar-refractivity contribution in [1.29, 1.82) is 0 Å². The molecule has 0 saturated carbocycles. The predicted octanol–water partition coefficient (Wildman–Crippen LogP) is 10.7. The van der Waals surface area contributed by atoms with Crippen LogP contribution in [0.25, 0.3) is 82.9 Å². The lowest BCUT2D eigenvalue weighted by Gasteiger charge is -2.14. The van der Waals surface area contributed by atoms with Crippen molar-refractivity contribution in [2.75, 3.05) is 0 Å². The van der Waals surface area contributed by atoms with E-state index in [0.717, 1.165) is 40.5 Å². The van der Waals surface area contributed by atoms with Gasteiger partial charge in [-0.3, -0.25) is 0 Å². The van der Waals surface area contributed by atoms with Crippen molar-refractivity contribution in [3.63, 3.8) is 0 Å². The number of benzene rings is 6. The summed E-state index contributed by atoms with van der Waals surface area (Å²) in [5.74, 6) is 0. The van der Waals surface area contributed by atoms with Crippen LogP contribution in [0, 0.1) is 0 Å². The van der Waals surface area contributed by atoms with Crippen molar-refractivity contribution >= 4 is 71.5 Å². The van der Waals surface area contributed by atoms with Crippen molar-refractivity contribution < 1.29 is 4.42 Å². The molecule has 3 aromatic heterocycles.